The van der Waals surface area contributed by atoms with Gasteiger partial charge in [0, 0.05) is 16.5 Å². The van der Waals surface area contributed by atoms with E-state index in [1.807, 2.05) is 17.0 Å². The van der Waals surface area contributed by atoms with Gasteiger partial charge in [-0.25, -0.2) is 8.42 Å². The van der Waals surface area contributed by atoms with Gasteiger partial charge in [-0.1, -0.05) is 51.6 Å². The van der Waals surface area contributed by atoms with E-state index in [-0.39, 0.29) is 17.4 Å². The molecule has 33 heavy (non-hydrogen) atoms. The topological polar surface area (TPSA) is 54.5 Å². The Morgan fingerprint density at radius 2 is 1.91 bits per heavy atom. The quantitative estimate of drug-likeness (QED) is 0.411. The Balaban J connectivity index is 1.82. The van der Waals surface area contributed by atoms with Crippen molar-refractivity contribution in [1.29, 1.82) is 0 Å². The zero-order valence-corrected chi connectivity index (χ0v) is 22.6. The van der Waals surface area contributed by atoms with Crippen molar-refractivity contribution in [2.45, 2.75) is 68.6 Å². The van der Waals surface area contributed by atoms with E-state index in [0.717, 1.165) is 33.1 Å². The van der Waals surface area contributed by atoms with Gasteiger partial charge >= 0.3 is 0 Å². The first-order chi connectivity index (χ1) is 15.5. The highest BCUT2D eigenvalue weighted by molar-refractivity contribution is 14.1. The molecular weight excluding hydrogens is 545 g/mol. The molecule has 0 spiro atoms. The summed E-state index contributed by atoms with van der Waals surface area (Å²) in [7, 11) is -3.75. The van der Waals surface area contributed by atoms with Crippen LogP contribution < -0.4 is 0 Å². The van der Waals surface area contributed by atoms with E-state index in [2.05, 4.69) is 56.0 Å². The smallest absolute Gasteiger partial charge is 0.222 e. The average Bonchev–Trinajstić information content (AvgIpc) is 3.18. The molecule has 0 radical (unpaired) electrons. The minimum atomic E-state index is -3.75. The lowest BCUT2D eigenvalue weighted by molar-refractivity contribution is -0.133. The third-order valence-corrected chi connectivity index (χ3v) is 10.4. The predicted molar refractivity (Wildman–Crippen MR) is 142 cm³/mol. The van der Waals surface area contributed by atoms with Gasteiger partial charge in [-0.15, -0.1) is 0 Å². The fraction of sp³-hybridized carbons (Fsp3) is 0.444. The van der Waals surface area contributed by atoms with Crippen LogP contribution in [0.25, 0.3) is 6.08 Å². The summed E-state index contributed by atoms with van der Waals surface area (Å²) in [5.41, 5.74) is 2.90. The van der Waals surface area contributed by atoms with Gasteiger partial charge in [-0.05, 0) is 94.6 Å². The van der Waals surface area contributed by atoms with E-state index < -0.39 is 14.6 Å². The third kappa shape index (κ3) is 4.29. The second kappa shape index (κ2) is 8.84. The van der Waals surface area contributed by atoms with E-state index in [9.17, 15) is 13.2 Å². The lowest BCUT2D eigenvalue weighted by Gasteiger charge is -2.42. The first-order valence-corrected chi connectivity index (χ1v) is 14.1. The van der Waals surface area contributed by atoms with Gasteiger partial charge in [0.25, 0.3) is 0 Å². The van der Waals surface area contributed by atoms with Crippen LogP contribution in [0.5, 0.6) is 0 Å². The van der Waals surface area contributed by atoms with E-state index >= 15 is 0 Å². The van der Waals surface area contributed by atoms with Crippen molar-refractivity contribution in [3.63, 3.8) is 0 Å². The van der Waals surface area contributed by atoms with Crippen molar-refractivity contribution in [3.8, 4) is 0 Å². The van der Waals surface area contributed by atoms with Crippen molar-refractivity contribution >= 4 is 44.4 Å². The van der Waals surface area contributed by atoms with Crippen LogP contribution in [0.4, 0.5) is 0 Å². The molecule has 6 heteroatoms. The number of hydrogen-bond donors (Lipinski definition) is 0. The summed E-state index contributed by atoms with van der Waals surface area (Å²) < 4.78 is 28.7. The van der Waals surface area contributed by atoms with Crippen LogP contribution in [0.15, 0.2) is 53.9 Å². The monoisotopic (exact) mass is 577 g/mol. The SMILES string of the molecule is C=Cc1ccc(S(=O)(=O)C23CCN(C(=O)CCC(C)(C)C)C2CCc2cc(I)ccc23)cc1. The number of rotatable bonds is 5. The zero-order chi connectivity index (χ0) is 24.0. The van der Waals surface area contributed by atoms with E-state index in [1.54, 1.807) is 30.3 Å². The van der Waals surface area contributed by atoms with Crippen LogP contribution in [0.2, 0.25) is 0 Å². The number of carbonyl (C=O) groups is 1. The number of hydrogen-bond acceptors (Lipinski definition) is 3. The summed E-state index contributed by atoms with van der Waals surface area (Å²) in [6.07, 6.45) is 4.82. The molecule has 2 aromatic rings. The van der Waals surface area contributed by atoms with Crippen molar-refractivity contribution in [3.05, 3.63) is 69.3 Å². The van der Waals surface area contributed by atoms with E-state index in [1.165, 1.54) is 0 Å². The fourth-order valence-electron chi connectivity index (χ4n) is 5.41. The van der Waals surface area contributed by atoms with Gasteiger partial charge in [0.1, 0.15) is 4.75 Å². The molecule has 1 heterocycles. The maximum Gasteiger partial charge on any atom is 0.222 e. The van der Waals surface area contributed by atoms with Crippen molar-refractivity contribution in [2.24, 2.45) is 5.41 Å². The lowest BCUT2D eigenvalue weighted by atomic mass is 9.78. The molecule has 1 fully saturated rings. The van der Waals surface area contributed by atoms with Crippen LogP contribution in [-0.4, -0.2) is 31.8 Å². The minimum absolute atomic E-state index is 0.0568. The van der Waals surface area contributed by atoms with Crippen molar-refractivity contribution in [1.82, 2.24) is 4.90 Å². The Labute approximate surface area is 211 Å². The predicted octanol–water partition coefficient (Wildman–Crippen LogP) is 5.98. The first-order valence-electron chi connectivity index (χ1n) is 11.6. The van der Waals surface area contributed by atoms with Gasteiger partial charge in [-0.2, -0.15) is 0 Å². The van der Waals surface area contributed by atoms with E-state index in [4.69, 9.17) is 0 Å². The number of benzene rings is 2. The van der Waals surface area contributed by atoms with Gasteiger partial charge in [-0.3, -0.25) is 4.79 Å². The van der Waals surface area contributed by atoms with E-state index in [0.29, 0.717) is 30.7 Å². The molecular formula is C27H32INO3S. The number of amides is 1. The summed E-state index contributed by atoms with van der Waals surface area (Å²) >= 11 is 2.28. The normalized spacial score (nSPS) is 22.5. The summed E-state index contributed by atoms with van der Waals surface area (Å²) in [6.45, 7) is 10.6. The molecule has 0 saturated carbocycles. The van der Waals surface area contributed by atoms with Gasteiger partial charge < -0.3 is 4.90 Å². The second-order valence-electron chi connectivity index (χ2n) is 10.4. The molecule has 0 N–H and O–H groups in total. The Bertz CT molecular complexity index is 1180. The molecule has 1 aliphatic heterocycles. The molecule has 2 aromatic carbocycles. The zero-order valence-electron chi connectivity index (χ0n) is 19.6. The van der Waals surface area contributed by atoms with Gasteiger partial charge in [0.2, 0.25) is 5.91 Å². The molecule has 176 valence electrons. The first kappa shape index (κ1) is 24.5. The van der Waals surface area contributed by atoms with Crippen LogP contribution >= 0.6 is 22.6 Å². The number of fused-ring (bicyclic) bond motifs is 3. The second-order valence-corrected chi connectivity index (χ2v) is 13.9. The maximum absolute atomic E-state index is 14.4. The molecule has 2 aliphatic rings. The summed E-state index contributed by atoms with van der Waals surface area (Å²) in [5.74, 6) is 0.0722. The van der Waals surface area contributed by atoms with Crippen molar-refractivity contribution in [2.75, 3.05) is 6.54 Å². The molecule has 0 bridgehead atoms. The minimum Gasteiger partial charge on any atom is -0.338 e. The molecule has 2 unspecified atom stereocenters. The van der Waals surface area contributed by atoms with Crippen LogP contribution in [0, 0.1) is 8.99 Å². The Morgan fingerprint density at radius 1 is 1.21 bits per heavy atom. The third-order valence-electron chi connectivity index (χ3n) is 7.16. The average molecular weight is 578 g/mol. The lowest BCUT2D eigenvalue weighted by Crippen LogP contribution is -2.52. The molecule has 1 aliphatic carbocycles. The molecule has 4 rings (SSSR count). The van der Waals surface area contributed by atoms with Gasteiger partial charge in [0.15, 0.2) is 9.84 Å². The summed E-state index contributed by atoms with van der Waals surface area (Å²) in [4.78, 5) is 15.5. The highest BCUT2D eigenvalue weighted by Crippen LogP contribution is 2.53. The Morgan fingerprint density at radius 3 is 2.55 bits per heavy atom. The highest BCUT2D eigenvalue weighted by Gasteiger charge is 2.60. The van der Waals surface area contributed by atoms with Crippen molar-refractivity contribution < 1.29 is 13.2 Å². The molecule has 1 amide bonds. The van der Waals surface area contributed by atoms with Gasteiger partial charge in [0.05, 0.1) is 10.9 Å². The Hall–Kier alpha value is -1.67. The number of carbonyl (C=O) groups excluding carboxylic acids is 1. The Kier molecular flexibility index (Phi) is 6.55. The number of aryl methyl sites for hydroxylation is 1. The number of sulfone groups is 1. The molecule has 1 saturated heterocycles. The van der Waals surface area contributed by atoms with Crippen LogP contribution in [-0.2, 0) is 25.8 Å². The fourth-order valence-corrected chi connectivity index (χ4v) is 8.34. The number of likely N-dealkylation sites (tertiary alicyclic amines) is 1. The molecule has 2 atom stereocenters. The highest BCUT2D eigenvalue weighted by atomic mass is 127. The number of nitrogens with zero attached hydrogens (tertiary/aromatic N) is 1. The largest absolute Gasteiger partial charge is 0.338 e. The summed E-state index contributed by atoms with van der Waals surface area (Å²) in [5, 5.41) is 0. The molecule has 0 aromatic heterocycles. The maximum atomic E-state index is 14.4. The van der Waals surface area contributed by atoms with Crippen LogP contribution in [0.1, 0.15) is 63.1 Å². The van der Waals surface area contributed by atoms with Crippen LogP contribution in [0.3, 0.4) is 0 Å². The summed E-state index contributed by atoms with van der Waals surface area (Å²) in [6, 6.07) is 12.7. The standard InChI is InChI=1S/C27H32INO3S/c1-5-19-6-10-22(11-7-19)33(31,32)27-16-17-29(25(30)14-15-26(2,3)4)24(27)13-8-20-18-21(28)9-12-23(20)27/h5-7,9-12,18,24H,1,8,13-17H2,2-4H3. The molecule has 4 nitrogen and oxygen atoms in total. The number of halogens is 1.